The summed E-state index contributed by atoms with van der Waals surface area (Å²) in [4.78, 5) is 23.2. The molecule has 1 heterocycles. The van der Waals surface area contributed by atoms with Crippen molar-refractivity contribution in [2.24, 2.45) is 0 Å². The largest absolute Gasteiger partial charge is 0.507 e. The minimum Gasteiger partial charge on any atom is -0.507 e. The summed E-state index contributed by atoms with van der Waals surface area (Å²) in [6.45, 7) is 2.86. The lowest BCUT2D eigenvalue weighted by Gasteiger charge is -2.18. The molecular formula is C14H14O6. The van der Waals surface area contributed by atoms with Crippen LogP contribution in [0, 0.1) is 0 Å². The second-order valence-corrected chi connectivity index (χ2v) is 4.94. The molecule has 0 spiro atoms. The smallest absolute Gasteiger partial charge is 0.347 e. The van der Waals surface area contributed by atoms with Crippen molar-refractivity contribution >= 4 is 16.7 Å². The van der Waals surface area contributed by atoms with Gasteiger partial charge in [-0.3, -0.25) is 4.79 Å². The van der Waals surface area contributed by atoms with Gasteiger partial charge in [0.05, 0.1) is 7.11 Å². The van der Waals surface area contributed by atoms with Gasteiger partial charge in [-0.2, -0.15) is 0 Å². The maximum absolute atomic E-state index is 11.9. The van der Waals surface area contributed by atoms with Crippen LogP contribution in [0.15, 0.2) is 27.4 Å². The summed E-state index contributed by atoms with van der Waals surface area (Å²) in [5.74, 6) is -1.02. The molecule has 0 bridgehead atoms. The lowest BCUT2D eigenvalue weighted by Crippen LogP contribution is -2.29. The average Bonchev–Trinajstić information content (AvgIpc) is 2.37. The Bertz CT molecular complexity index is 741. The van der Waals surface area contributed by atoms with Gasteiger partial charge >= 0.3 is 11.6 Å². The zero-order valence-electron chi connectivity index (χ0n) is 11.3. The predicted molar refractivity (Wildman–Crippen MR) is 71.4 cm³/mol. The zero-order chi connectivity index (χ0) is 15.1. The number of aromatic hydroxyl groups is 1. The molecule has 0 aliphatic carbocycles. The predicted octanol–water partition coefficient (Wildman–Crippen LogP) is 1.87. The first kappa shape index (κ1) is 13.9. The number of fused-ring (bicyclic) bond motifs is 1. The maximum Gasteiger partial charge on any atom is 0.347 e. The summed E-state index contributed by atoms with van der Waals surface area (Å²) in [6.07, 6.45) is 0. The van der Waals surface area contributed by atoms with E-state index in [2.05, 4.69) is 0 Å². The zero-order valence-corrected chi connectivity index (χ0v) is 11.3. The number of methoxy groups -OCH3 is 1. The topological polar surface area (TPSA) is 97.0 Å². The molecule has 0 aliphatic rings. The van der Waals surface area contributed by atoms with Crippen LogP contribution in [-0.4, -0.2) is 23.3 Å². The molecule has 0 amide bonds. The van der Waals surface area contributed by atoms with Crippen molar-refractivity contribution in [3.63, 3.8) is 0 Å². The third-order valence-electron chi connectivity index (χ3n) is 3.20. The van der Waals surface area contributed by atoms with Crippen LogP contribution in [0.2, 0.25) is 0 Å². The monoisotopic (exact) mass is 278 g/mol. The summed E-state index contributed by atoms with van der Waals surface area (Å²) < 4.78 is 10.0. The van der Waals surface area contributed by atoms with E-state index in [0.717, 1.165) is 0 Å². The van der Waals surface area contributed by atoms with Crippen LogP contribution in [0.5, 0.6) is 11.5 Å². The van der Waals surface area contributed by atoms with Gasteiger partial charge in [-0.1, -0.05) is 0 Å². The number of benzene rings is 1. The molecule has 0 fully saturated rings. The fourth-order valence-electron chi connectivity index (χ4n) is 1.81. The van der Waals surface area contributed by atoms with Gasteiger partial charge in [0.2, 0.25) is 0 Å². The normalized spacial score (nSPS) is 11.6. The Kier molecular flexibility index (Phi) is 3.17. The highest BCUT2D eigenvalue weighted by Gasteiger charge is 2.33. The minimum atomic E-state index is -1.36. The second kappa shape index (κ2) is 4.56. The molecule has 2 aromatic rings. The number of phenols is 1. The van der Waals surface area contributed by atoms with Crippen LogP contribution in [0.4, 0.5) is 0 Å². The van der Waals surface area contributed by atoms with Gasteiger partial charge < -0.3 is 19.4 Å². The first-order valence-electron chi connectivity index (χ1n) is 5.86. The fraction of sp³-hybridized carbons (Fsp3) is 0.286. The standard InChI is InChI=1S/C14H14O6/c1-14(2,13(17)18)10-5-7-4-8(19-3)6-9(15)11(7)12(16)20-10/h4-6,15H,1-3H3,(H,17,18). The summed E-state index contributed by atoms with van der Waals surface area (Å²) in [5.41, 5.74) is -2.14. The van der Waals surface area contributed by atoms with E-state index in [9.17, 15) is 19.8 Å². The van der Waals surface area contributed by atoms with Crippen LogP contribution < -0.4 is 10.4 Å². The number of ether oxygens (including phenoxy) is 1. The average molecular weight is 278 g/mol. The van der Waals surface area contributed by atoms with Gasteiger partial charge in [-0.15, -0.1) is 0 Å². The molecule has 20 heavy (non-hydrogen) atoms. The Morgan fingerprint density at radius 2 is 1.95 bits per heavy atom. The molecule has 1 aromatic heterocycles. The lowest BCUT2D eigenvalue weighted by atomic mass is 9.89. The van der Waals surface area contributed by atoms with Gasteiger partial charge in [0.25, 0.3) is 0 Å². The van der Waals surface area contributed by atoms with Crippen LogP contribution >= 0.6 is 0 Å². The van der Waals surface area contributed by atoms with E-state index in [1.165, 1.54) is 39.2 Å². The number of carboxylic acid groups (broad SMARTS) is 1. The van der Waals surface area contributed by atoms with Gasteiger partial charge in [-0.25, -0.2) is 4.79 Å². The highest BCUT2D eigenvalue weighted by molar-refractivity contribution is 5.89. The van der Waals surface area contributed by atoms with Crippen LogP contribution in [0.3, 0.4) is 0 Å². The Morgan fingerprint density at radius 1 is 1.30 bits per heavy atom. The molecule has 0 radical (unpaired) electrons. The van der Waals surface area contributed by atoms with E-state index in [1.54, 1.807) is 0 Å². The Balaban J connectivity index is 2.81. The second-order valence-electron chi connectivity index (χ2n) is 4.94. The Labute approximate surface area is 114 Å². The van der Waals surface area contributed by atoms with Crippen molar-refractivity contribution in [2.45, 2.75) is 19.3 Å². The first-order chi connectivity index (χ1) is 9.27. The molecule has 106 valence electrons. The summed E-state index contributed by atoms with van der Waals surface area (Å²) in [5, 5.41) is 19.3. The highest BCUT2D eigenvalue weighted by Crippen LogP contribution is 2.31. The molecule has 6 nitrogen and oxygen atoms in total. The summed E-state index contributed by atoms with van der Waals surface area (Å²) in [7, 11) is 1.42. The molecule has 0 saturated heterocycles. The number of rotatable bonds is 3. The van der Waals surface area contributed by atoms with Crippen molar-refractivity contribution in [3.8, 4) is 11.5 Å². The molecule has 0 saturated carbocycles. The molecule has 0 aliphatic heterocycles. The van der Waals surface area contributed by atoms with E-state index in [-0.39, 0.29) is 16.9 Å². The molecule has 1 aromatic carbocycles. The Hall–Kier alpha value is -2.50. The van der Waals surface area contributed by atoms with Crippen molar-refractivity contribution in [1.29, 1.82) is 0 Å². The number of aliphatic carboxylic acids is 1. The highest BCUT2D eigenvalue weighted by atomic mass is 16.5. The summed E-state index contributed by atoms with van der Waals surface area (Å²) >= 11 is 0. The van der Waals surface area contributed by atoms with E-state index >= 15 is 0 Å². The van der Waals surface area contributed by atoms with Crippen molar-refractivity contribution in [3.05, 3.63) is 34.4 Å². The van der Waals surface area contributed by atoms with E-state index < -0.39 is 17.0 Å². The quantitative estimate of drug-likeness (QED) is 0.889. The van der Waals surface area contributed by atoms with Crippen LogP contribution in [0.1, 0.15) is 19.6 Å². The number of phenolic OH excluding ortho intramolecular Hbond substituents is 1. The first-order valence-corrected chi connectivity index (χ1v) is 5.86. The SMILES string of the molecule is COc1cc(O)c2c(=O)oc(C(C)(C)C(=O)O)cc2c1. The van der Waals surface area contributed by atoms with Crippen LogP contribution in [0.25, 0.3) is 10.8 Å². The van der Waals surface area contributed by atoms with Crippen molar-refractivity contribution in [2.75, 3.05) is 7.11 Å². The molecule has 6 heteroatoms. The maximum atomic E-state index is 11.9. The molecule has 2 N–H and O–H groups in total. The van der Waals surface area contributed by atoms with E-state index in [0.29, 0.717) is 11.1 Å². The molecule has 0 unspecified atom stereocenters. The summed E-state index contributed by atoms with van der Waals surface area (Å²) in [6, 6.07) is 4.25. The third-order valence-corrected chi connectivity index (χ3v) is 3.20. The van der Waals surface area contributed by atoms with E-state index in [4.69, 9.17) is 9.15 Å². The fourth-order valence-corrected chi connectivity index (χ4v) is 1.81. The minimum absolute atomic E-state index is 0.00395. The molecule has 2 rings (SSSR count). The van der Waals surface area contributed by atoms with Crippen LogP contribution in [-0.2, 0) is 10.2 Å². The van der Waals surface area contributed by atoms with Gasteiger partial charge in [-0.05, 0) is 31.4 Å². The van der Waals surface area contributed by atoms with E-state index in [1.807, 2.05) is 0 Å². The van der Waals surface area contributed by atoms with Gasteiger partial charge in [0.1, 0.15) is 28.1 Å². The van der Waals surface area contributed by atoms with Gasteiger partial charge in [0, 0.05) is 6.07 Å². The number of carboxylic acids is 1. The lowest BCUT2D eigenvalue weighted by molar-refractivity contribution is -0.143. The van der Waals surface area contributed by atoms with Gasteiger partial charge in [0.15, 0.2) is 0 Å². The third kappa shape index (κ3) is 2.09. The number of carbonyl (C=O) groups is 1. The molecular weight excluding hydrogens is 264 g/mol. The van der Waals surface area contributed by atoms with Crippen molar-refractivity contribution in [1.82, 2.24) is 0 Å². The Morgan fingerprint density at radius 3 is 2.50 bits per heavy atom. The van der Waals surface area contributed by atoms with Crippen molar-refractivity contribution < 1.29 is 24.2 Å². The number of hydrogen-bond acceptors (Lipinski definition) is 5. The number of hydrogen-bond donors (Lipinski definition) is 2. The molecule has 0 atom stereocenters.